The average molecular weight is 280 g/mol. The van der Waals surface area contributed by atoms with Crippen LogP contribution in [-0.4, -0.2) is 20.3 Å². The molecule has 1 amide bonds. The minimum atomic E-state index is -0.205. The molecule has 106 valence electrons. The topological polar surface area (TPSA) is 59.3 Å². The molecule has 3 aromatic heterocycles. The van der Waals surface area contributed by atoms with Crippen molar-refractivity contribution in [3.05, 3.63) is 59.9 Å². The molecule has 0 fully saturated rings. The molecule has 0 spiro atoms. The molecule has 3 aromatic rings. The fourth-order valence-electron chi connectivity index (χ4n) is 2.33. The molecular formula is C16H16N4O. The summed E-state index contributed by atoms with van der Waals surface area (Å²) in [4.78, 5) is 21.0. The zero-order valence-electron chi connectivity index (χ0n) is 12.0. The first kappa shape index (κ1) is 13.3. The van der Waals surface area contributed by atoms with E-state index in [0.29, 0.717) is 5.69 Å². The number of hydrogen-bond donors (Lipinski definition) is 1. The summed E-state index contributed by atoms with van der Waals surface area (Å²) < 4.78 is 1.95. The van der Waals surface area contributed by atoms with E-state index in [1.165, 1.54) is 0 Å². The number of fused-ring (bicyclic) bond motifs is 1. The van der Waals surface area contributed by atoms with Crippen molar-refractivity contribution in [3.8, 4) is 0 Å². The van der Waals surface area contributed by atoms with Gasteiger partial charge in [-0.25, -0.2) is 4.98 Å². The summed E-state index contributed by atoms with van der Waals surface area (Å²) >= 11 is 0. The van der Waals surface area contributed by atoms with Crippen LogP contribution in [0.2, 0.25) is 0 Å². The monoisotopic (exact) mass is 280 g/mol. The Bertz CT molecular complexity index is 807. The largest absolute Gasteiger partial charge is 0.320 e. The first-order valence-electron chi connectivity index (χ1n) is 6.89. The SMILES string of the molecule is CCc1nc(C(=O)Nc2ccnc(C)c2)c2ccccn12. The van der Waals surface area contributed by atoms with Crippen molar-refractivity contribution in [2.75, 3.05) is 5.32 Å². The van der Waals surface area contributed by atoms with Crippen molar-refractivity contribution < 1.29 is 4.79 Å². The van der Waals surface area contributed by atoms with E-state index in [2.05, 4.69) is 15.3 Å². The van der Waals surface area contributed by atoms with Crippen molar-refractivity contribution in [2.24, 2.45) is 0 Å². The molecule has 3 rings (SSSR count). The molecule has 0 aliphatic rings. The van der Waals surface area contributed by atoms with Crippen LogP contribution < -0.4 is 5.32 Å². The molecule has 0 unspecified atom stereocenters. The van der Waals surface area contributed by atoms with E-state index in [0.717, 1.165) is 29.1 Å². The maximum atomic E-state index is 12.5. The number of nitrogens with zero attached hydrogens (tertiary/aromatic N) is 3. The number of imidazole rings is 1. The molecule has 0 aromatic carbocycles. The van der Waals surface area contributed by atoms with Crippen LogP contribution in [0.4, 0.5) is 5.69 Å². The van der Waals surface area contributed by atoms with Gasteiger partial charge in [-0.15, -0.1) is 0 Å². The normalized spacial score (nSPS) is 10.8. The summed E-state index contributed by atoms with van der Waals surface area (Å²) in [5.41, 5.74) is 2.85. The lowest BCUT2D eigenvalue weighted by atomic mass is 10.3. The maximum Gasteiger partial charge on any atom is 0.276 e. The van der Waals surface area contributed by atoms with Crippen LogP contribution in [0.1, 0.15) is 28.9 Å². The fourth-order valence-corrected chi connectivity index (χ4v) is 2.33. The third kappa shape index (κ3) is 2.50. The molecule has 1 N–H and O–H groups in total. The second-order valence-electron chi connectivity index (χ2n) is 4.83. The Labute approximate surface area is 122 Å². The van der Waals surface area contributed by atoms with Gasteiger partial charge in [0, 0.05) is 30.2 Å². The van der Waals surface area contributed by atoms with Gasteiger partial charge >= 0.3 is 0 Å². The number of rotatable bonds is 3. The summed E-state index contributed by atoms with van der Waals surface area (Å²) in [6, 6.07) is 9.34. The zero-order valence-corrected chi connectivity index (χ0v) is 12.0. The molecule has 0 aliphatic carbocycles. The minimum Gasteiger partial charge on any atom is -0.320 e. The van der Waals surface area contributed by atoms with Crippen LogP contribution in [0.5, 0.6) is 0 Å². The van der Waals surface area contributed by atoms with Crippen LogP contribution in [0, 0.1) is 6.92 Å². The Morgan fingerprint density at radius 2 is 2.19 bits per heavy atom. The van der Waals surface area contributed by atoms with Crippen molar-refractivity contribution in [1.29, 1.82) is 0 Å². The maximum absolute atomic E-state index is 12.5. The number of aromatic nitrogens is 3. The minimum absolute atomic E-state index is 0.205. The van der Waals surface area contributed by atoms with Gasteiger partial charge in [-0.3, -0.25) is 9.78 Å². The third-order valence-corrected chi connectivity index (χ3v) is 3.31. The fraction of sp³-hybridized carbons (Fsp3) is 0.188. The predicted octanol–water partition coefficient (Wildman–Crippen LogP) is 2.85. The molecule has 21 heavy (non-hydrogen) atoms. The number of aryl methyl sites for hydroxylation is 2. The molecule has 0 bridgehead atoms. The van der Waals surface area contributed by atoms with Crippen LogP contribution in [0.15, 0.2) is 42.7 Å². The van der Waals surface area contributed by atoms with Gasteiger partial charge in [0.1, 0.15) is 5.82 Å². The van der Waals surface area contributed by atoms with Crippen LogP contribution in [0.25, 0.3) is 5.52 Å². The average Bonchev–Trinajstić information content (AvgIpc) is 2.86. The molecular weight excluding hydrogens is 264 g/mol. The van der Waals surface area contributed by atoms with E-state index in [1.54, 1.807) is 12.3 Å². The smallest absolute Gasteiger partial charge is 0.276 e. The molecule has 0 aliphatic heterocycles. The quantitative estimate of drug-likeness (QED) is 0.802. The Balaban J connectivity index is 1.98. The molecule has 0 saturated carbocycles. The number of carbonyl (C=O) groups is 1. The summed E-state index contributed by atoms with van der Waals surface area (Å²) in [5, 5.41) is 2.87. The van der Waals surface area contributed by atoms with Crippen LogP contribution in [-0.2, 0) is 6.42 Å². The zero-order chi connectivity index (χ0) is 14.8. The summed E-state index contributed by atoms with van der Waals surface area (Å²) in [6.45, 7) is 3.91. The van der Waals surface area contributed by atoms with Gasteiger partial charge in [0.25, 0.3) is 5.91 Å². The van der Waals surface area contributed by atoms with Crippen molar-refractivity contribution in [3.63, 3.8) is 0 Å². The van der Waals surface area contributed by atoms with Crippen LogP contribution in [0.3, 0.4) is 0 Å². The standard InChI is InChI=1S/C16H16N4O/c1-3-14-19-15(13-6-4-5-9-20(13)14)16(21)18-12-7-8-17-11(2)10-12/h4-10H,3H2,1-2H3,(H,17,18,21). The lowest BCUT2D eigenvalue weighted by Crippen LogP contribution is -2.13. The van der Waals surface area contributed by atoms with Gasteiger partial charge < -0.3 is 9.72 Å². The molecule has 0 atom stereocenters. The Kier molecular flexibility index (Phi) is 3.39. The first-order valence-corrected chi connectivity index (χ1v) is 6.89. The van der Waals surface area contributed by atoms with Gasteiger partial charge in [0.15, 0.2) is 5.69 Å². The Hall–Kier alpha value is -2.69. The highest BCUT2D eigenvalue weighted by atomic mass is 16.1. The van der Waals surface area contributed by atoms with Gasteiger partial charge in [-0.1, -0.05) is 13.0 Å². The van der Waals surface area contributed by atoms with Crippen molar-refractivity contribution >= 4 is 17.1 Å². The number of hydrogen-bond acceptors (Lipinski definition) is 3. The lowest BCUT2D eigenvalue weighted by Gasteiger charge is -2.04. The number of amides is 1. The van der Waals surface area contributed by atoms with Gasteiger partial charge in [0.2, 0.25) is 0 Å². The van der Waals surface area contributed by atoms with Crippen LogP contribution >= 0.6 is 0 Å². The van der Waals surface area contributed by atoms with E-state index < -0.39 is 0 Å². The molecule has 0 saturated heterocycles. The molecule has 5 heteroatoms. The highest BCUT2D eigenvalue weighted by Gasteiger charge is 2.16. The highest BCUT2D eigenvalue weighted by molar-refractivity contribution is 6.07. The number of pyridine rings is 2. The summed E-state index contributed by atoms with van der Waals surface area (Å²) in [5.74, 6) is 0.672. The Morgan fingerprint density at radius 3 is 2.95 bits per heavy atom. The van der Waals surface area contributed by atoms with Crippen molar-refractivity contribution in [2.45, 2.75) is 20.3 Å². The second-order valence-corrected chi connectivity index (χ2v) is 4.83. The molecule has 3 heterocycles. The van der Waals surface area contributed by atoms with Crippen molar-refractivity contribution in [1.82, 2.24) is 14.4 Å². The number of carbonyl (C=O) groups excluding carboxylic acids is 1. The molecule has 0 radical (unpaired) electrons. The van der Waals surface area contributed by atoms with E-state index in [-0.39, 0.29) is 5.91 Å². The third-order valence-electron chi connectivity index (χ3n) is 3.31. The molecule has 5 nitrogen and oxygen atoms in total. The van der Waals surface area contributed by atoms with E-state index in [4.69, 9.17) is 0 Å². The van der Waals surface area contributed by atoms with Gasteiger partial charge in [-0.05, 0) is 31.2 Å². The van der Waals surface area contributed by atoms with E-state index in [9.17, 15) is 4.79 Å². The summed E-state index contributed by atoms with van der Waals surface area (Å²) in [6.07, 6.45) is 4.37. The van der Waals surface area contributed by atoms with E-state index in [1.807, 2.05) is 48.7 Å². The van der Waals surface area contributed by atoms with Gasteiger partial charge in [-0.2, -0.15) is 0 Å². The Morgan fingerprint density at radius 1 is 1.33 bits per heavy atom. The number of anilines is 1. The predicted molar refractivity (Wildman–Crippen MR) is 81.5 cm³/mol. The lowest BCUT2D eigenvalue weighted by molar-refractivity contribution is 0.102. The van der Waals surface area contributed by atoms with E-state index >= 15 is 0 Å². The highest BCUT2D eigenvalue weighted by Crippen LogP contribution is 2.16. The second kappa shape index (κ2) is 5.36. The van der Waals surface area contributed by atoms with Gasteiger partial charge in [0.05, 0.1) is 5.52 Å². The first-order chi connectivity index (χ1) is 10.2. The summed E-state index contributed by atoms with van der Waals surface area (Å²) in [7, 11) is 0. The number of nitrogens with one attached hydrogen (secondary N) is 1.